The third-order valence-corrected chi connectivity index (χ3v) is 20.6. The predicted molar refractivity (Wildman–Crippen MR) is 223 cm³/mol. The van der Waals surface area contributed by atoms with Gasteiger partial charge in [0, 0.05) is 46.9 Å². The second-order valence-electron chi connectivity index (χ2n) is 22.8. The van der Waals surface area contributed by atoms with E-state index in [0.29, 0.717) is 25.7 Å². The summed E-state index contributed by atoms with van der Waals surface area (Å²) < 4.78 is 0. The quantitative estimate of drug-likeness (QED) is 0.127. The van der Waals surface area contributed by atoms with Crippen LogP contribution in [-0.2, 0) is 9.59 Å². The number of carboxylic acid groups (broad SMARTS) is 2. The Bertz CT molecular complexity index is 1530. The molecule has 8 aliphatic carbocycles. The van der Waals surface area contributed by atoms with Crippen LogP contribution in [0.2, 0.25) is 0 Å². The van der Waals surface area contributed by atoms with Crippen LogP contribution >= 0.6 is 0 Å². The Kier molecular flexibility index (Phi) is 11.4. The number of carboxylic acids is 2. The molecule has 0 spiro atoms. The highest BCUT2D eigenvalue weighted by Crippen LogP contribution is 2.70. The number of hydrogen-bond acceptors (Lipinski definition) is 8. The Morgan fingerprint density at radius 3 is 1.33 bits per heavy atom. The first-order chi connectivity index (χ1) is 27.3. The Labute approximate surface area is 347 Å². The van der Waals surface area contributed by atoms with Gasteiger partial charge >= 0.3 is 11.9 Å². The lowest BCUT2D eigenvalue weighted by molar-refractivity contribution is -0.148. The minimum Gasteiger partial charge on any atom is -0.481 e. The van der Waals surface area contributed by atoms with Crippen LogP contribution in [-0.4, -0.2) is 78.4 Å². The van der Waals surface area contributed by atoms with Gasteiger partial charge in [0.05, 0.1) is 24.4 Å². The first-order valence-electron chi connectivity index (χ1n) is 23.6. The Morgan fingerprint density at radius 2 is 0.966 bits per heavy atom. The van der Waals surface area contributed by atoms with E-state index >= 15 is 0 Å². The summed E-state index contributed by atoms with van der Waals surface area (Å²) in [6.45, 7) is 13.8. The van der Waals surface area contributed by atoms with Gasteiger partial charge in [-0.1, -0.05) is 41.5 Å². The Morgan fingerprint density at radius 1 is 0.586 bits per heavy atom. The molecule has 10 heteroatoms. The maximum absolute atomic E-state index is 12.3. The number of rotatable bonds is 9. The number of carbonyl (C=O) groups is 2. The van der Waals surface area contributed by atoms with Gasteiger partial charge in [-0.3, -0.25) is 9.59 Å². The molecule has 6 N–H and O–H groups in total. The van der Waals surface area contributed by atoms with Crippen molar-refractivity contribution in [1.29, 1.82) is 0 Å². The molecule has 326 valence electrons. The molecule has 20 atom stereocenters. The van der Waals surface area contributed by atoms with E-state index in [1.54, 1.807) is 0 Å². The molecule has 0 aromatic carbocycles. The average Bonchev–Trinajstić information content (AvgIpc) is 3.72. The second kappa shape index (κ2) is 15.5. The molecule has 0 aromatic heterocycles. The smallest absolute Gasteiger partial charge is 0.303 e. The summed E-state index contributed by atoms with van der Waals surface area (Å²) in [5.41, 5.74) is 1.54. The number of aliphatic hydroxyl groups is 4. The van der Waals surface area contributed by atoms with E-state index in [1.807, 2.05) is 0 Å². The van der Waals surface area contributed by atoms with Crippen molar-refractivity contribution < 1.29 is 40.2 Å². The maximum Gasteiger partial charge on any atom is 0.303 e. The average molecular weight is 809 g/mol. The summed E-state index contributed by atoms with van der Waals surface area (Å²) in [7, 11) is 0. The zero-order valence-corrected chi connectivity index (χ0v) is 36.4. The van der Waals surface area contributed by atoms with Gasteiger partial charge in [-0.2, -0.15) is 10.2 Å². The highest BCUT2D eigenvalue weighted by atomic mass is 16.4. The van der Waals surface area contributed by atoms with Crippen LogP contribution in [0.4, 0.5) is 0 Å². The van der Waals surface area contributed by atoms with Crippen LogP contribution in [0, 0.1) is 92.7 Å². The highest BCUT2D eigenvalue weighted by Gasteiger charge is 2.67. The van der Waals surface area contributed by atoms with Gasteiger partial charge in [0.25, 0.3) is 0 Å². The molecule has 0 aromatic rings. The van der Waals surface area contributed by atoms with Crippen LogP contribution in [0.15, 0.2) is 10.2 Å². The van der Waals surface area contributed by atoms with Gasteiger partial charge in [-0.05, 0) is 173 Å². The lowest BCUT2D eigenvalue weighted by atomic mass is 9.43. The lowest BCUT2D eigenvalue weighted by Crippen LogP contribution is -2.61. The number of aliphatic carboxylic acids is 2. The molecule has 8 rings (SSSR count). The van der Waals surface area contributed by atoms with Crippen molar-refractivity contribution in [2.75, 3.05) is 0 Å². The predicted octanol–water partition coefficient (Wildman–Crippen LogP) is 7.99. The van der Waals surface area contributed by atoms with Crippen molar-refractivity contribution in [3.8, 4) is 0 Å². The van der Waals surface area contributed by atoms with Crippen molar-refractivity contribution in [3.63, 3.8) is 0 Å². The van der Waals surface area contributed by atoms with Gasteiger partial charge in [-0.15, -0.1) is 0 Å². The maximum atomic E-state index is 12.3. The number of fused-ring (bicyclic) bond motifs is 10. The summed E-state index contributed by atoms with van der Waals surface area (Å²) in [4.78, 5) is 23.2. The normalized spacial score (nSPS) is 52.1. The largest absolute Gasteiger partial charge is 0.481 e. The van der Waals surface area contributed by atoms with E-state index < -0.39 is 24.1 Å². The molecular weight excluding hydrogens is 733 g/mol. The summed E-state index contributed by atoms with van der Waals surface area (Å²) in [6, 6.07) is 0. The van der Waals surface area contributed by atoms with Gasteiger partial charge in [0.15, 0.2) is 0 Å². The first kappa shape index (κ1) is 42.8. The highest BCUT2D eigenvalue weighted by molar-refractivity contribution is 5.92. The minimum atomic E-state index is -0.767. The molecule has 8 fully saturated rings. The van der Waals surface area contributed by atoms with Crippen molar-refractivity contribution >= 4 is 23.4 Å². The lowest BCUT2D eigenvalue weighted by Gasteiger charge is -2.62. The number of hydrogen-bond donors (Lipinski definition) is 6. The number of nitrogens with zero attached hydrogens (tertiary/aromatic N) is 2. The Balaban J connectivity index is 1.19. The van der Waals surface area contributed by atoms with Crippen molar-refractivity contribution in [2.24, 2.45) is 103 Å². The minimum absolute atomic E-state index is 0.0150. The molecule has 0 heterocycles. The SMILES string of the molecule is C[C@H](CCC(=O)O)[C@H]1CC[C@H]2[C@@H]3/C(=N\N=C4\C[C@@H]5C[C@H](O)CC[C@]5(C)[C@H]5C[C@H](O)[C@]6(C)[C@@H]([C@H](C)CCC(=O)O)CC[C@H]6[C@H]45)C[C@@H]4C[C@H](O)CC[C@]4(C)[C@H]3C[C@H](O)[C@]12C. The fraction of sp³-hybridized carbons (Fsp3) is 0.917. The van der Waals surface area contributed by atoms with Gasteiger partial charge in [0.2, 0.25) is 0 Å². The monoisotopic (exact) mass is 809 g/mol. The zero-order valence-electron chi connectivity index (χ0n) is 36.4. The molecule has 58 heavy (non-hydrogen) atoms. The topological polar surface area (TPSA) is 180 Å². The van der Waals surface area contributed by atoms with Crippen molar-refractivity contribution in [1.82, 2.24) is 0 Å². The molecule has 0 unspecified atom stereocenters. The van der Waals surface area contributed by atoms with Crippen molar-refractivity contribution in [3.05, 3.63) is 0 Å². The van der Waals surface area contributed by atoms with Gasteiger partial charge in [0.1, 0.15) is 0 Å². The second-order valence-corrected chi connectivity index (χ2v) is 22.8. The number of aliphatic hydroxyl groups excluding tert-OH is 4. The van der Waals surface area contributed by atoms with Crippen LogP contribution < -0.4 is 0 Å². The van der Waals surface area contributed by atoms with Crippen LogP contribution in [0.25, 0.3) is 0 Å². The van der Waals surface area contributed by atoms with E-state index in [4.69, 9.17) is 10.2 Å². The molecule has 10 nitrogen and oxygen atoms in total. The van der Waals surface area contributed by atoms with E-state index in [0.717, 1.165) is 88.5 Å². The molecule has 0 saturated heterocycles. The standard InChI is InChI=1S/C48H76N2O8/c1-25(7-13-41(55)56)31-9-11-33-43-35(23-39(53)47(31,33)5)45(3)17-15-29(51)19-27(45)21-37(43)49-50-38-22-28-20-30(52)16-18-46(28,4)36-24-40(54)48(6)32(10-12-34(48)44(36)38)26(2)8-14-42(57)58/h25-36,39-40,43-44,51-54H,7-24H2,1-6H3,(H,55,56)(H,57,58)/b49-37-,50-38-/t25-,26-,27+,28+,29-,30-,31-,32-,33+,34+,35+,36+,39+,40+,43+,44+,45+,46+,47-,48-/m1/s1. The molecule has 8 aliphatic rings. The summed E-state index contributed by atoms with van der Waals surface area (Å²) in [5, 5.41) is 76.7. The molecule has 8 saturated carbocycles. The summed E-state index contributed by atoms with van der Waals surface area (Å²) >= 11 is 0. The van der Waals surface area contributed by atoms with Crippen LogP contribution in [0.3, 0.4) is 0 Å². The van der Waals surface area contributed by atoms with Crippen LogP contribution in [0.5, 0.6) is 0 Å². The summed E-state index contributed by atoms with van der Waals surface area (Å²) in [5.74, 6) is 1.03. The van der Waals surface area contributed by atoms with E-state index in [-0.39, 0.29) is 118 Å². The van der Waals surface area contributed by atoms with E-state index in [2.05, 4.69) is 41.5 Å². The first-order valence-corrected chi connectivity index (χ1v) is 23.6. The molecular formula is C48H76N2O8. The van der Waals surface area contributed by atoms with E-state index in [9.17, 15) is 40.2 Å². The third kappa shape index (κ3) is 6.69. The Hall–Kier alpha value is -1.88. The zero-order chi connectivity index (χ0) is 41.7. The molecule has 0 bridgehead atoms. The molecule has 0 amide bonds. The van der Waals surface area contributed by atoms with Gasteiger partial charge in [-0.25, -0.2) is 0 Å². The fourth-order valence-electron chi connectivity index (χ4n) is 17.2. The third-order valence-electron chi connectivity index (χ3n) is 20.6. The summed E-state index contributed by atoms with van der Waals surface area (Å²) in [6.07, 6.45) is 11.7. The van der Waals surface area contributed by atoms with Gasteiger partial charge < -0.3 is 30.6 Å². The fourth-order valence-corrected chi connectivity index (χ4v) is 17.2. The van der Waals surface area contributed by atoms with Crippen molar-refractivity contribution in [2.45, 2.75) is 182 Å². The van der Waals surface area contributed by atoms with E-state index in [1.165, 1.54) is 0 Å². The molecule has 0 radical (unpaired) electrons. The van der Waals surface area contributed by atoms with Crippen LogP contribution in [0.1, 0.15) is 157 Å². The molecule has 0 aliphatic heterocycles.